The number of halogens is 1. The van der Waals surface area contributed by atoms with Crippen molar-refractivity contribution in [1.82, 2.24) is 15.5 Å². The van der Waals surface area contributed by atoms with Gasteiger partial charge < -0.3 is 15.6 Å². The number of nitrogens with two attached hydrogens (primary N) is 1. The molecule has 0 aliphatic heterocycles. The molecule has 24 heavy (non-hydrogen) atoms. The summed E-state index contributed by atoms with van der Waals surface area (Å²) in [5.74, 6) is 1.80. The molecule has 1 aromatic carbocycles. The van der Waals surface area contributed by atoms with E-state index < -0.39 is 0 Å². The van der Waals surface area contributed by atoms with E-state index in [1.165, 1.54) is 5.56 Å². The molecular formula is C17H26IN5O. The maximum Gasteiger partial charge on any atom is 0.257 e. The van der Waals surface area contributed by atoms with Gasteiger partial charge in [0.2, 0.25) is 0 Å². The Balaban J connectivity index is 0.00000288. The summed E-state index contributed by atoms with van der Waals surface area (Å²) in [6.07, 6.45) is 2.63. The van der Waals surface area contributed by atoms with Gasteiger partial charge in [0.25, 0.3) is 5.89 Å². The third-order valence-corrected chi connectivity index (χ3v) is 3.67. The maximum absolute atomic E-state index is 5.84. The molecule has 0 spiro atoms. The molecule has 6 nitrogen and oxygen atoms in total. The van der Waals surface area contributed by atoms with E-state index in [0.717, 1.165) is 30.7 Å². The summed E-state index contributed by atoms with van der Waals surface area (Å²) in [4.78, 5) is 8.67. The Labute approximate surface area is 160 Å². The van der Waals surface area contributed by atoms with Crippen molar-refractivity contribution >= 4 is 29.9 Å². The second-order valence-electron chi connectivity index (χ2n) is 5.54. The van der Waals surface area contributed by atoms with Gasteiger partial charge in [-0.25, -0.2) is 0 Å². The van der Waals surface area contributed by atoms with Crippen LogP contribution in [0.5, 0.6) is 0 Å². The Morgan fingerprint density at radius 3 is 2.58 bits per heavy atom. The molecule has 0 aliphatic rings. The quantitative estimate of drug-likeness (QED) is 0.390. The van der Waals surface area contributed by atoms with Crippen molar-refractivity contribution in [2.24, 2.45) is 10.7 Å². The number of guanidine groups is 1. The lowest BCUT2D eigenvalue weighted by Crippen LogP contribution is -2.38. The van der Waals surface area contributed by atoms with Crippen molar-refractivity contribution in [1.29, 1.82) is 0 Å². The van der Waals surface area contributed by atoms with E-state index in [-0.39, 0.29) is 24.0 Å². The maximum atomic E-state index is 5.84. The second-order valence-corrected chi connectivity index (χ2v) is 5.54. The lowest BCUT2D eigenvalue weighted by atomic mass is 10.1. The van der Waals surface area contributed by atoms with Crippen LogP contribution in [-0.2, 0) is 12.8 Å². The van der Waals surface area contributed by atoms with Crippen molar-refractivity contribution in [2.45, 2.75) is 46.1 Å². The number of benzene rings is 1. The molecule has 0 saturated heterocycles. The van der Waals surface area contributed by atoms with E-state index in [4.69, 9.17) is 10.3 Å². The van der Waals surface area contributed by atoms with Gasteiger partial charge in [0.15, 0.2) is 11.8 Å². The SMILES string of the molecule is CCc1noc(-c2ccc(CCN=C(N)NC(C)CC)cc2)n1.I. The molecule has 2 aromatic rings. The Morgan fingerprint density at radius 1 is 1.29 bits per heavy atom. The first kappa shape index (κ1) is 20.4. The number of rotatable bonds is 7. The molecule has 1 aromatic heterocycles. The third-order valence-electron chi connectivity index (χ3n) is 3.67. The van der Waals surface area contributed by atoms with Crippen molar-refractivity contribution in [2.75, 3.05) is 6.54 Å². The number of hydrogen-bond donors (Lipinski definition) is 2. The molecule has 1 heterocycles. The van der Waals surface area contributed by atoms with Gasteiger partial charge in [-0.3, -0.25) is 4.99 Å². The molecule has 0 saturated carbocycles. The molecule has 132 valence electrons. The molecule has 3 N–H and O–H groups in total. The van der Waals surface area contributed by atoms with Gasteiger partial charge in [-0.15, -0.1) is 24.0 Å². The Hall–Kier alpha value is -1.64. The highest BCUT2D eigenvalue weighted by Crippen LogP contribution is 2.18. The highest BCUT2D eigenvalue weighted by atomic mass is 127. The zero-order valence-corrected chi connectivity index (χ0v) is 16.8. The van der Waals surface area contributed by atoms with Gasteiger partial charge in [0.1, 0.15) is 0 Å². The van der Waals surface area contributed by atoms with Crippen LogP contribution in [0.3, 0.4) is 0 Å². The third kappa shape index (κ3) is 6.10. The molecular weight excluding hydrogens is 417 g/mol. The number of nitrogens with zero attached hydrogens (tertiary/aromatic N) is 3. The van der Waals surface area contributed by atoms with E-state index in [0.29, 0.717) is 24.4 Å². The van der Waals surface area contributed by atoms with E-state index in [1.54, 1.807) is 0 Å². The fraction of sp³-hybridized carbons (Fsp3) is 0.471. The lowest BCUT2D eigenvalue weighted by molar-refractivity contribution is 0.423. The fourth-order valence-electron chi connectivity index (χ4n) is 2.03. The van der Waals surface area contributed by atoms with Gasteiger partial charge in [-0.2, -0.15) is 4.98 Å². The molecule has 7 heteroatoms. The van der Waals surface area contributed by atoms with Gasteiger partial charge in [-0.05, 0) is 37.5 Å². The monoisotopic (exact) mass is 443 g/mol. The largest absolute Gasteiger partial charge is 0.370 e. The van der Waals surface area contributed by atoms with Crippen LogP contribution in [0, 0.1) is 0 Å². The first-order valence-electron chi connectivity index (χ1n) is 8.10. The number of aromatic nitrogens is 2. The minimum Gasteiger partial charge on any atom is -0.370 e. The summed E-state index contributed by atoms with van der Waals surface area (Å²) >= 11 is 0. The van der Waals surface area contributed by atoms with Crippen LogP contribution in [0.25, 0.3) is 11.5 Å². The van der Waals surface area contributed by atoms with Crippen LogP contribution in [0.15, 0.2) is 33.8 Å². The predicted molar refractivity (Wildman–Crippen MR) is 108 cm³/mol. The molecule has 0 bridgehead atoms. The molecule has 0 amide bonds. The number of aryl methyl sites for hydroxylation is 1. The average molecular weight is 443 g/mol. The highest BCUT2D eigenvalue weighted by molar-refractivity contribution is 14.0. The van der Waals surface area contributed by atoms with Crippen molar-refractivity contribution < 1.29 is 4.52 Å². The van der Waals surface area contributed by atoms with Crippen LogP contribution in [0.2, 0.25) is 0 Å². The molecule has 0 radical (unpaired) electrons. The Bertz CT molecular complexity index is 639. The first-order chi connectivity index (χ1) is 11.1. The topological polar surface area (TPSA) is 89.3 Å². The summed E-state index contributed by atoms with van der Waals surface area (Å²) in [5.41, 5.74) is 7.97. The van der Waals surface area contributed by atoms with Crippen LogP contribution >= 0.6 is 24.0 Å². The smallest absolute Gasteiger partial charge is 0.257 e. The van der Waals surface area contributed by atoms with Gasteiger partial charge in [0.05, 0.1) is 0 Å². The minimum absolute atomic E-state index is 0. The van der Waals surface area contributed by atoms with Gasteiger partial charge in [0, 0.05) is 24.6 Å². The summed E-state index contributed by atoms with van der Waals surface area (Å²) in [5, 5.41) is 7.06. The van der Waals surface area contributed by atoms with Crippen LogP contribution in [-0.4, -0.2) is 28.7 Å². The molecule has 1 atom stereocenters. The minimum atomic E-state index is 0. The van der Waals surface area contributed by atoms with E-state index in [1.807, 2.05) is 19.1 Å². The van der Waals surface area contributed by atoms with Crippen LogP contribution in [0.4, 0.5) is 0 Å². The zero-order valence-electron chi connectivity index (χ0n) is 14.5. The standard InChI is InChI=1S/C17H25N5O.HI/c1-4-12(3)20-17(18)19-11-10-13-6-8-14(9-7-13)16-21-15(5-2)22-23-16;/h6-9,12H,4-5,10-11H2,1-3H3,(H3,18,19,20);1H. The van der Waals surface area contributed by atoms with E-state index >= 15 is 0 Å². The van der Waals surface area contributed by atoms with E-state index in [2.05, 4.69) is 46.4 Å². The predicted octanol–water partition coefficient (Wildman–Crippen LogP) is 3.16. The summed E-state index contributed by atoms with van der Waals surface area (Å²) in [6.45, 7) is 6.86. The summed E-state index contributed by atoms with van der Waals surface area (Å²) < 4.78 is 5.23. The van der Waals surface area contributed by atoms with Crippen molar-refractivity contribution in [3.63, 3.8) is 0 Å². The molecule has 0 aliphatic carbocycles. The Kier molecular flexibility index (Phi) is 8.73. The van der Waals surface area contributed by atoms with Crippen molar-refractivity contribution in [3.05, 3.63) is 35.7 Å². The highest BCUT2D eigenvalue weighted by Gasteiger charge is 2.07. The van der Waals surface area contributed by atoms with Gasteiger partial charge in [-0.1, -0.05) is 31.1 Å². The molecule has 2 rings (SSSR count). The average Bonchev–Trinajstić information content (AvgIpc) is 3.04. The number of nitrogens with one attached hydrogen (secondary N) is 1. The second kappa shape index (κ2) is 10.3. The zero-order chi connectivity index (χ0) is 16.7. The fourth-order valence-corrected chi connectivity index (χ4v) is 2.03. The summed E-state index contributed by atoms with van der Waals surface area (Å²) in [6, 6.07) is 8.44. The molecule has 1 unspecified atom stereocenters. The normalized spacial score (nSPS) is 12.5. The number of aliphatic imine (C=N–C) groups is 1. The summed E-state index contributed by atoms with van der Waals surface area (Å²) in [7, 11) is 0. The lowest BCUT2D eigenvalue weighted by Gasteiger charge is -2.11. The molecule has 0 fully saturated rings. The first-order valence-corrected chi connectivity index (χ1v) is 8.10. The number of hydrogen-bond acceptors (Lipinski definition) is 4. The van der Waals surface area contributed by atoms with Gasteiger partial charge >= 0.3 is 0 Å². The Morgan fingerprint density at radius 2 is 2.00 bits per heavy atom. The van der Waals surface area contributed by atoms with Crippen LogP contribution in [0.1, 0.15) is 38.6 Å². The van der Waals surface area contributed by atoms with E-state index in [9.17, 15) is 0 Å². The van der Waals surface area contributed by atoms with Crippen LogP contribution < -0.4 is 11.1 Å². The van der Waals surface area contributed by atoms with Crippen molar-refractivity contribution in [3.8, 4) is 11.5 Å².